The maximum atomic E-state index is 11.2. The van der Waals surface area contributed by atoms with Crippen molar-refractivity contribution in [1.82, 2.24) is 10.2 Å². The normalized spacial score (nSPS) is 29.9. The smallest absolute Gasteiger partial charge is 0.323 e. The lowest BCUT2D eigenvalue weighted by atomic mass is 9.88. The highest BCUT2D eigenvalue weighted by Crippen LogP contribution is 2.23. The van der Waals surface area contributed by atoms with E-state index < -0.39 is 11.5 Å². The monoisotopic (exact) mass is 242 g/mol. The van der Waals surface area contributed by atoms with Crippen LogP contribution in [-0.2, 0) is 4.79 Å². The molecule has 3 atom stereocenters. The molecule has 4 heteroatoms. The van der Waals surface area contributed by atoms with Crippen molar-refractivity contribution in [1.29, 1.82) is 0 Å². The number of likely N-dealkylation sites (tertiary alicyclic amines) is 1. The predicted octanol–water partition coefficient (Wildman–Crippen LogP) is 1.42. The van der Waals surface area contributed by atoms with Crippen LogP contribution in [-0.4, -0.2) is 48.2 Å². The first-order chi connectivity index (χ1) is 7.89. The number of hydrogen-bond acceptors (Lipinski definition) is 3. The lowest BCUT2D eigenvalue weighted by molar-refractivity contribution is -0.144. The molecule has 0 radical (unpaired) electrons. The third kappa shape index (κ3) is 3.68. The standard InChI is InChI=1S/C13H26N2O2/c1-10-5-7-15(9-11(10)2)8-6-13(3,14-4)12(16)17/h10-11,14H,5-9H2,1-4H3,(H,16,17). The van der Waals surface area contributed by atoms with Crippen LogP contribution < -0.4 is 5.32 Å². The van der Waals surface area contributed by atoms with Crippen LogP contribution in [0.1, 0.15) is 33.6 Å². The van der Waals surface area contributed by atoms with Crippen molar-refractivity contribution >= 4 is 5.97 Å². The zero-order valence-corrected chi connectivity index (χ0v) is 11.5. The van der Waals surface area contributed by atoms with Gasteiger partial charge >= 0.3 is 5.97 Å². The topological polar surface area (TPSA) is 52.6 Å². The van der Waals surface area contributed by atoms with Crippen LogP contribution in [0.4, 0.5) is 0 Å². The molecule has 0 aromatic heterocycles. The second-order valence-corrected chi connectivity index (χ2v) is 5.68. The molecular formula is C13H26N2O2. The van der Waals surface area contributed by atoms with Crippen LogP contribution in [0.3, 0.4) is 0 Å². The van der Waals surface area contributed by atoms with Crippen LogP contribution in [0.5, 0.6) is 0 Å². The average Bonchev–Trinajstić information content (AvgIpc) is 2.30. The van der Waals surface area contributed by atoms with Gasteiger partial charge in [-0.05, 0) is 45.2 Å². The fraction of sp³-hybridized carbons (Fsp3) is 0.923. The summed E-state index contributed by atoms with van der Waals surface area (Å²) in [4.78, 5) is 13.6. The average molecular weight is 242 g/mol. The van der Waals surface area contributed by atoms with E-state index in [9.17, 15) is 9.90 Å². The molecule has 0 saturated carbocycles. The van der Waals surface area contributed by atoms with Gasteiger partial charge in [-0.25, -0.2) is 0 Å². The Hall–Kier alpha value is -0.610. The minimum atomic E-state index is -0.799. The molecule has 1 saturated heterocycles. The maximum absolute atomic E-state index is 11.2. The lowest BCUT2D eigenvalue weighted by Crippen LogP contribution is -2.50. The van der Waals surface area contributed by atoms with Crippen molar-refractivity contribution in [2.24, 2.45) is 11.8 Å². The van der Waals surface area contributed by atoms with E-state index in [-0.39, 0.29) is 0 Å². The maximum Gasteiger partial charge on any atom is 0.323 e. The van der Waals surface area contributed by atoms with Crippen LogP contribution in [0.25, 0.3) is 0 Å². The van der Waals surface area contributed by atoms with Gasteiger partial charge < -0.3 is 15.3 Å². The summed E-state index contributed by atoms with van der Waals surface area (Å²) < 4.78 is 0. The first-order valence-electron chi connectivity index (χ1n) is 6.53. The van der Waals surface area contributed by atoms with Crippen molar-refractivity contribution in [3.63, 3.8) is 0 Å². The SMILES string of the molecule is CNC(C)(CCN1CCC(C)C(C)C1)C(=O)O. The molecule has 0 amide bonds. The number of carbonyl (C=O) groups is 1. The second kappa shape index (κ2) is 5.83. The third-order valence-electron chi connectivity index (χ3n) is 4.37. The van der Waals surface area contributed by atoms with E-state index >= 15 is 0 Å². The summed E-state index contributed by atoms with van der Waals surface area (Å²) in [5, 5.41) is 12.1. The van der Waals surface area contributed by atoms with E-state index in [2.05, 4.69) is 24.1 Å². The van der Waals surface area contributed by atoms with E-state index in [0.29, 0.717) is 6.42 Å². The molecule has 1 fully saturated rings. The summed E-state index contributed by atoms with van der Waals surface area (Å²) in [5.41, 5.74) is -0.799. The van der Waals surface area contributed by atoms with E-state index in [1.165, 1.54) is 6.42 Å². The molecule has 2 N–H and O–H groups in total. The molecule has 1 rings (SSSR count). The molecule has 0 aromatic rings. The number of nitrogens with one attached hydrogen (secondary N) is 1. The molecule has 4 nitrogen and oxygen atoms in total. The highest BCUT2D eigenvalue weighted by molar-refractivity contribution is 5.78. The number of nitrogens with zero attached hydrogens (tertiary/aromatic N) is 1. The highest BCUT2D eigenvalue weighted by atomic mass is 16.4. The molecule has 17 heavy (non-hydrogen) atoms. The van der Waals surface area contributed by atoms with E-state index in [1.807, 2.05) is 0 Å². The van der Waals surface area contributed by atoms with Crippen molar-refractivity contribution in [3.8, 4) is 0 Å². The Morgan fingerprint density at radius 2 is 2.12 bits per heavy atom. The molecule has 1 heterocycles. The minimum absolute atomic E-state index is 0.653. The van der Waals surface area contributed by atoms with Gasteiger partial charge in [-0.3, -0.25) is 4.79 Å². The Labute approximate surface area is 104 Å². The Morgan fingerprint density at radius 3 is 2.59 bits per heavy atom. The first-order valence-corrected chi connectivity index (χ1v) is 6.53. The number of hydrogen-bond donors (Lipinski definition) is 2. The summed E-state index contributed by atoms with van der Waals surface area (Å²) in [5.74, 6) is 0.745. The van der Waals surface area contributed by atoms with Gasteiger partial charge in [-0.2, -0.15) is 0 Å². The molecule has 1 aliphatic heterocycles. The van der Waals surface area contributed by atoms with Gasteiger partial charge in [0, 0.05) is 13.1 Å². The van der Waals surface area contributed by atoms with Crippen LogP contribution in [0.2, 0.25) is 0 Å². The summed E-state index contributed by atoms with van der Waals surface area (Å²) in [7, 11) is 1.72. The summed E-state index contributed by atoms with van der Waals surface area (Å²) >= 11 is 0. The molecule has 0 spiro atoms. The third-order valence-corrected chi connectivity index (χ3v) is 4.37. The lowest BCUT2D eigenvalue weighted by Gasteiger charge is -2.37. The number of likely N-dealkylation sites (N-methyl/N-ethyl adjacent to an activating group) is 1. The van der Waals surface area contributed by atoms with Gasteiger partial charge in [0.15, 0.2) is 0 Å². The Morgan fingerprint density at radius 1 is 1.47 bits per heavy atom. The molecule has 3 unspecified atom stereocenters. The summed E-state index contributed by atoms with van der Waals surface area (Å²) in [6.07, 6.45) is 1.88. The van der Waals surface area contributed by atoms with E-state index in [1.54, 1.807) is 14.0 Å². The van der Waals surface area contributed by atoms with Crippen molar-refractivity contribution < 1.29 is 9.90 Å². The van der Waals surface area contributed by atoms with Gasteiger partial charge in [0.25, 0.3) is 0 Å². The number of aliphatic carboxylic acids is 1. The van der Waals surface area contributed by atoms with Crippen LogP contribution in [0, 0.1) is 11.8 Å². The zero-order valence-electron chi connectivity index (χ0n) is 11.5. The Kier molecular flexibility index (Phi) is 4.95. The molecule has 0 bridgehead atoms. The van der Waals surface area contributed by atoms with E-state index in [4.69, 9.17) is 0 Å². The Bertz CT molecular complexity index is 270. The summed E-state index contributed by atoms with van der Waals surface area (Å²) in [6, 6.07) is 0. The molecule has 0 aliphatic carbocycles. The van der Waals surface area contributed by atoms with Crippen molar-refractivity contribution in [3.05, 3.63) is 0 Å². The number of rotatable bonds is 5. The first kappa shape index (κ1) is 14.5. The van der Waals surface area contributed by atoms with Gasteiger partial charge in [0.1, 0.15) is 5.54 Å². The quantitative estimate of drug-likeness (QED) is 0.765. The zero-order chi connectivity index (χ0) is 13.1. The number of piperidine rings is 1. The van der Waals surface area contributed by atoms with E-state index in [0.717, 1.165) is 31.5 Å². The number of carboxylic acid groups (broad SMARTS) is 1. The molecular weight excluding hydrogens is 216 g/mol. The largest absolute Gasteiger partial charge is 0.480 e. The van der Waals surface area contributed by atoms with Gasteiger partial charge in [-0.1, -0.05) is 13.8 Å². The summed E-state index contributed by atoms with van der Waals surface area (Å²) in [6.45, 7) is 9.40. The van der Waals surface area contributed by atoms with Crippen molar-refractivity contribution in [2.45, 2.75) is 39.2 Å². The van der Waals surface area contributed by atoms with Gasteiger partial charge in [-0.15, -0.1) is 0 Å². The van der Waals surface area contributed by atoms with Gasteiger partial charge in [0.05, 0.1) is 0 Å². The highest BCUT2D eigenvalue weighted by Gasteiger charge is 2.32. The van der Waals surface area contributed by atoms with Crippen molar-refractivity contribution in [2.75, 3.05) is 26.7 Å². The fourth-order valence-corrected chi connectivity index (χ4v) is 2.27. The molecule has 1 aliphatic rings. The molecule has 0 aromatic carbocycles. The molecule has 100 valence electrons. The predicted molar refractivity (Wildman–Crippen MR) is 69.1 cm³/mol. The van der Waals surface area contributed by atoms with Crippen LogP contribution in [0.15, 0.2) is 0 Å². The minimum Gasteiger partial charge on any atom is -0.480 e. The number of carboxylic acids is 1. The Balaban J connectivity index is 2.43. The second-order valence-electron chi connectivity index (χ2n) is 5.68. The van der Waals surface area contributed by atoms with Crippen LogP contribution >= 0.6 is 0 Å². The van der Waals surface area contributed by atoms with Gasteiger partial charge in [0.2, 0.25) is 0 Å². The fourth-order valence-electron chi connectivity index (χ4n) is 2.27.